The Labute approximate surface area is 191 Å². The minimum absolute atomic E-state index is 0.0539. The van der Waals surface area contributed by atoms with Gasteiger partial charge in [0.15, 0.2) is 0 Å². The summed E-state index contributed by atoms with van der Waals surface area (Å²) in [5, 5.41) is 2.85. The molecule has 0 atom stereocenters. The molecule has 1 saturated heterocycles. The molecule has 1 heterocycles. The highest BCUT2D eigenvalue weighted by molar-refractivity contribution is 7.88. The summed E-state index contributed by atoms with van der Waals surface area (Å²) in [5.74, 6) is 0.933. The van der Waals surface area contributed by atoms with Crippen LogP contribution in [0, 0.1) is 0 Å². The maximum absolute atomic E-state index is 12.7. The van der Waals surface area contributed by atoms with E-state index in [1.54, 1.807) is 28.6 Å². The van der Waals surface area contributed by atoms with E-state index in [1.807, 2.05) is 31.3 Å². The summed E-state index contributed by atoms with van der Waals surface area (Å²) in [6.45, 7) is 7.50. The molecular weight excluding hydrogens is 426 g/mol. The Hall–Kier alpha value is -2.42. The Morgan fingerprint density at radius 3 is 2.34 bits per heavy atom. The largest absolute Gasteiger partial charge is 0.491 e. The van der Waals surface area contributed by atoms with E-state index < -0.39 is 10.0 Å². The lowest BCUT2D eigenvalue weighted by atomic mass is 10.0. The zero-order valence-corrected chi connectivity index (χ0v) is 19.9. The fourth-order valence-electron chi connectivity index (χ4n) is 3.64. The minimum Gasteiger partial charge on any atom is -0.491 e. The highest BCUT2D eigenvalue weighted by Gasteiger charge is 2.25. The maximum Gasteiger partial charge on any atom is 0.251 e. The predicted octanol–water partition coefficient (Wildman–Crippen LogP) is 2.70. The second kappa shape index (κ2) is 10.9. The van der Waals surface area contributed by atoms with Gasteiger partial charge in [-0.05, 0) is 42.3 Å². The fraction of sp³-hybridized carbons (Fsp3) is 0.458. The standard InChI is InChI=1S/C24H33N3O4S/c1-19(2)22-6-4-5-7-23(22)31-17-12-25-24(28)21-10-8-20(9-11-21)18-32(29,30)27-15-13-26(3)14-16-27/h4-11,19H,12-18H2,1-3H3,(H,25,28). The number of rotatable bonds is 9. The van der Waals surface area contributed by atoms with Crippen LogP contribution in [-0.4, -0.2) is 69.9 Å². The van der Waals surface area contributed by atoms with Crippen molar-refractivity contribution in [3.63, 3.8) is 0 Å². The molecule has 1 aliphatic heterocycles. The average molecular weight is 460 g/mol. The molecule has 0 aliphatic carbocycles. The number of sulfonamides is 1. The van der Waals surface area contributed by atoms with Gasteiger partial charge in [-0.2, -0.15) is 4.31 Å². The van der Waals surface area contributed by atoms with Gasteiger partial charge in [-0.25, -0.2) is 8.42 Å². The molecule has 0 unspecified atom stereocenters. The Morgan fingerprint density at radius 1 is 1.03 bits per heavy atom. The van der Waals surface area contributed by atoms with E-state index in [9.17, 15) is 13.2 Å². The quantitative estimate of drug-likeness (QED) is 0.584. The van der Waals surface area contributed by atoms with Crippen molar-refractivity contribution in [3.05, 3.63) is 65.2 Å². The first-order valence-corrected chi connectivity index (χ1v) is 12.6. The summed E-state index contributed by atoms with van der Waals surface area (Å²) in [7, 11) is -1.37. The van der Waals surface area contributed by atoms with Gasteiger partial charge in [-0.3, -0.25) is 4.79 Å². The third-order valence-electron chi connectivity index (χ3n) is 5.61. The van der Waals surface area contributed by atoms with Gasteiger partial charge in [0.05, 0.1) is 12.3 Å². The van der Waals surface area contributed by atoms with Crippen molar-refractivity contribution in [2.24, 2.45) is 0 Å². The third kappa shape index (κ3) is 6.54. The molecule has 0 aromatic heterocycles. The summed E-state index contributed by atoms with van der Waals surface area (Å²) in [6.07, 6.45) is 0. The van der Waals surface area contributed by atoms with Gasteiger partial charge >= 0.3 is 0 Å². The van der Waals surface area contributed by atoms with Crippen LogP contribution in [0.2, 0.25) is 0 Å². The van der Waals surface area contributed by atoms with Crippen molar-refractivity contribution < 1.29 is 17.9 Å². The van der Waals surface area contributed by atoms with Gasteiger partial charge in [0.1, 0.15) is 12.4 Å². The minimum atomic E-state index is -3.36. The van der Waals surface area contributed by atoms with Crippen molar-refractivity contribution in [2.75, 3.05) is 46.4 Å². The van der Waals surface area contributed by atoms with E-state index >= 15 is 0 Å². The van der Waals surface area contributed by atoms with Gasteiger partial charge in [-0.1, -0.05) is 44.2 Å². The lowest BCUT2D eigenvalue weighted by molar-refractivity contribution is 0.0947. The van der Waals surface area contributed by atoms with Crippen LogP contribution in [0.1, 0.15) is 41.3 Å². The van der Waals surface area contributed by atoms with E-state index in [0.717, 1.165) is 24.4 Å². The first-order chi connectivity index (χ1) is 15.3. The lowest BCUT2D eigenvalue weighted by Gasteiger charge is -2.31. The van der Waals surface area contributed by atoms with Crippen LogP contribution >= 0.6 is 0 Å². The van der Waals surface area contributed by atoms with Crippen molar-refractivity contribution in [1.82, 2.24) is 14.5 Å². The molecule has 1 fully saturated rings. The number of hydrogen-bond donors (Lipinski definition) is 1. The van der Waals surface area contributed by atoms with Crippen molar-refractivity contribution >= 4 is 15.9 Å². The number of nitrogens with zero attached hydrogens (tertiary/aromatic N) is 2. The number of carbonyl (C=O) groups excluding carboxylic acids is 1. The summed E-state index contributed by atoms with van der Waals surface area (Å²) < 4.78 is 32.7. The number of nitrogens with one attached hydrogen (secondary N) is 1. The van der Waals surface area contributed by atoms with E-state index in [2.05, 4.69) is 24.1 Å². The smallest absolute Gasteiger partial charge is 0.251 e. The Kier molecular flexibility index (Phi) is 8.28. The molecule has 8 heteroatoms. The summed E-state index contributed by atoms with van der Waals surface area (Å²) in [5.41, 5.74) is 2.31. The first-order valence-electron chi connectivity index (χ1n) is 11.0. The zero-order valence-electron chi connectivity index (χ0n) is 19.1. The van der Waals surface area contributed by atoms with Gasteiger partial charge < -0.3 is 15.0 Å². The van der Waals surface area contributed by atoms with Crippen LogP contribution in [0.5, 0.6) is 5.75 Å². The van der Waals surface area contributed by atoms with Gasteiger partial charge in [-0.15, -0.1) is 0 Å². The zero-order chi connectivity index (χ0) is 23.1. The third-order valence-corrected chi connectivity index (χ3v) is 7.46. The predicted molar refractivity (Wildman–Crippen MR) is 126 cm³/mol. The first kappa shape index (κ1) is 24.2. The average Bonchev–Trinajstić information content (AvgIpc) is 2.77. The molecule has 0 radical (unpaired) electrons. The second-order valence-corrected chi connectivity index (χ2v) is 10.4. The molecule has 7 nitrogen and oxygen atoms in total. The summed E-state index contributed by atoms with van der Waals surface area (Å²) in [6, 6.07) is 14.7. The van der Waals surface area contributed by atoms with Crippen LogP contribution in [-0.2, 0) is 15.8 Å². The molecule has 0 bridgehead atoms. The Morgan fingerprint density at radius 2 is 1.69 bits per heavy atom. The van der Waals surface area contributed by atoms with Gasteiger partial charge in [0.25, 0.3) is 5.91 Å². The number of benzene rings is 2. The van der Waals surface area contributed by atoms with E-state index in [0.29, 0.717) is 43.3 Å². The molecule has 2 aromatic rings. The van der Waals surface area contributed by atoms with Crippen LogP contribution in [0.15, 0.2) is 48.5 Å². The second-order valence-electron chi connectivity index (χ2n) is 8.45. The molecule has 0 spiro atoms. The van der Waals surface area contributed by atoms with Crippen LogP contribution < -0.4 is 10.1 Å². The van der Waals surface area contributed by atoms with Crippen LogP contribution in [0.25, 0.3) is 0 Å². The fourth-order valence-corrected chi connectivity index (χ4v) is 5.15. The SMILES string of the molecule is CC(C)c1ccccc1OCCNC(=O)c1ccc(CS(=O)(=O)N2CCN(C)CC2)cc1. The molecule has 1 amide bonds. The van der Waals surface area contributed by atoms with E-state index in [4.69, 9.17) is 4.74 Å². The molecule has 0 saturated carbocycles. The van der Waals surface area contributed by atoms with Gasteiger partial charge in [0.2, 0.25) is 10.0 Å². The van der Waals surface area contributed by atoms with Crippen molar-refractivity contribution in [1.29, 1.82) is 0 Å². The van der Waals surface area contributed by atoms with E-state index in [1.165, 1.54) is 0 Å². The number of para-hydroxylation sites is 1. The molecule has 2 aromatic carbocycles. The number of likely N-dealkylation sites (N-methyl/N-ethyl adjacent to an activating group) is 1. The molecular formula is C24H33N3O4S. The Bertz CT molecular complexity index is 998. The molecule has 174 valence electrons. The topological polar surface area (TPSA) is 78.9 Å². The summed E-state index contributed by atoms with van der Waals surface area (Å²) in [4.78, 5) is 14.5. The van der Waals surface area contributed by atoms with E-state index in [-0.39, 0.29) is 11.7 Å². The van der Waals surface area contributed by atoms with Crippen LogP contribution in [0.3, 0.4) is 0 Å². The summed E-state index contributed by atoms with van der Waals surface area (Å²) >= 11 is 0. The maximum atomic E-state index is 12.7. The number of ether oxygens (including phenoxy) is 1. The van der Waals surface area contributed by atoms with Crippen molar-refractivity contribution in [3.8, 4) is 5.75 Å². The number of carbonyl (C=O) groups is 1. The number of hydrogen-bond acceptors (Lipinski definition) is 5. The van der Waals surface area contributed by atoms with Crippen LogP contribution in [0.4, 0.5) is 0 Å². The molecule has 1 aliphatic rings. The monoisotopic (exact) mass is 459 g/mol. The normalized spacial score (nSPS) is 15.6. The highest BCUT2D eigenvalue weighted by Crippen LogP contribution is 2.25. The number of amides is 1. The highest BCUT2D eigenvalue weighted by atomic mass is 32.2. The Balaban J connectivity index is 1.48. The molecule has 3 rings (SSSR count). The molecule has 32 heavy (non-hydrogen) atoms. The number of piperazine rings is 1. The lowest BCUT2D eigenvalue weighted by Crippen LogP contribution is -2.47. The van der Waals surface area contributed by atoms with Crippen molar-refractivity contribution in [2.45, 2.75) is 25.5 Å². The van der Waals surface area contributed by atoms with Gasteiger partial charge in [0, 0.05) is 31.7 Å². The molecule has 1 N–H and O–H groups in total.